The van der Waals surface area contributed by atoms with E-state index in [1.54, 1.807) is 0 Å². The van der Waals surface area contributed by atoms with Crippen molar-refractivity contribution in [3.63, 3.8) is 0 Å². The second-order valence-corrected chi connectivity index (χ2v) is 3.64. The first-order valence-electron chi connectivity index (χ1n) is 5.13. The Kier molecular flexibility index (Phi) is 3.38. The van der Waals surface area contributed by atoms with Crippen molar-refractivity contribution in [1.29, 1.82) is 0 Å². The third-order valence-corrected chi connectivity index (χ3v) is 2.40. The monoisotopic (exact) mass is 222 g/mol. The minimum atomic E-state index is -0.873. The van der Waals surface area contributed by atoms with Crippen molar-refractivity contribution in [1.82, 2.24) is 10.6 Å². The number of ether oxygens (including phenoxy) is 1. The SMILES string of the molecule is O=C(NCc1ccccc1)N[C@H]1COC1O. The molecule has 2 atom stereocenters. The van der Waals surface area contributed by atoms with Crippen LogP contribution in [-0.4, -0.2) is 30.1 Å². The number of carbonyl (C=O) groups excluding carboxylic acids is 1. The van der Waals surface area contributed by atoms with E-state index in [-0.39, 0.29) is 12.1 Å². The van der Waals surface area contributed by atoms with E-state index in [0.29, 0.717) is 13.2 Å². The van der Waals surface area contributed by atoms with Crippen LogP contribution in [0, 0.1) is 0 Å². The molecule has 86 valence electrons. The third kappa shape index (κ3) is 2.71. The maximum absolute atomic E-state index is 11.4. The number of benzene rings is 1. The molecule has 1 saturated heterocycles. The summed E-state index contributed by atoms with van der Waals surface area (Å²) in [7, 11) is 0. The highest BCUT2D eigenvalue weighted by Crippen LogP contribution is 2.08. The molecule has 1 fully saturated rings. The molecule has 16 heavy (non-hydrogen) atoms. The van der Waals surface area contributed by atoms with Crippen LogP contribution in [0.15, 0.2) is 30.3 Å². The maximum Gasteiger partial charge on any atom is 0.315 e. The number of amides is 2. The first-order chi connectivity index (χ1) is 7.75. The van der Waals surface area contributed by atoms with Crippen LogP contribution in [0.3, 0.4) is 0 Å². The minimum Gasteiger partial charge on any atom is -0.366 e. The van der Waals surface area contributed by atoms with Crippen LogP contribution in [-0.2, 0) is 11.3 Å². The highest BCUT2D eigenvalue weighted by Gasteiger charge is 2.31. The van der Waals surface area contributed by atoms with Crippen molar-refractivity contribution in [2.75, 3.05) is 6.61 Å². The number of nitrogens with one attached hydrogen (secondary N) is 2. The molecule has 0 spiro atoms. The Balaban J connectivity index is 1.72. The Hall–Kier alpha value is -1.59. The summed E-state index contributed by atoms with van der Waals surface area (Å²) in [6.07, 6.45) is -0.873. The van der Waals surface area contributed by atoms with E-state index in [9.17, 15) is 4.79 Å². The van der Waals surface area contributed by atoms with Gasteiger partial charge in [0, 0.05) is 6.54 Å². The molecule has 1 heterocycles. The summed E-state index contributed by atoms with van der Waals surface area (Å²) in [5.41, 5.74) is 1.03. The topological polar surface area (TPSA) is 70.6 Å². The molecule has 0 bridgehead atoms. The van der Waals surface area contributed by atoms with Crippen molar-refractivity contribution in [2.45, 2.75) is 18.9 Å². The molecule has 0 saturated carbocycles. The second-order valence-electron chi connectivity index (χ2n) is 3.64. The summed E-state index contributed by atoms with van der Waals surface area (Å²) < 4.78 is 4.72. The molecule has 2 rings (SSSR count). The summed E-state index contributed by atoms with van der Waals surface area (Å²) in [4.78, 5) is 11.4. The van der Waals surface area contributed by atoms with Gasteiger partial charge in [-0.2, -0.15) is 0 Å². The fraction of sp³-hybridized carbons (Fsp3) is 0.364. The Labute approximate surface area is 93.4 Å². The van der Waals surface area contributed by atoms with E-state index in [4.69, 9.17) is 9.84 Å². The van der Waals surface area contributed by atoms with Crippen molar-refractivity contribution >= 4 is 6.03 Å². The van der Waals surface area contributed by atoms with Crippen LogP contribution in [0.25, 0.3) is 0 Å². The van der Waals surface area contributed by atoms with Gasteiger partial charge in [0.1, 0.15) is 6.04 Å². The quantitative estimate of drug-likeness (QED) is 0.684. The van der Waals surface area contributed by atoms with Crippen molar-refractivity contribution in [3.8, 4) is 0 Å². The van der Waals surface area contributed by atoms with Gasteiger partial charge in [-0.1, -0.05) is 30.3 Å². The molecular formula is C11H14N2O3. The van der Waals surface area contributed by atoms with Gasteiger partial charge in [-0.25, -0.2) is 4.79 Å². The lowest BCUT2D eigenvalue weighted by Crippen LogP contribution is -2.57. The predicted molar refractivity (Wildman–Crippen MR) is 57.6 cm³/mol. The number of rotatable bonds is 3. The molecule has 3 N–H and O–H groups in total. The predicted octanol–water partition coefficient (Wildman–Crippen LogP) is 0.203. The smallest absolute Gasteiger partial charge is 0.315 e. The van der Waals surface area contributed by atoms with Crippen LogP contribution < -0.4 is 10.6 Å². The van der Waals surface area contributed by atoms with E-state index >= 15 is 0 Å². The molecule has 1 aromatic rings. The lowest BCUT2D eigenvalue weighted by atomic mass is 10.2. The number of hydrogen-bond donors (Lipinski definition) is 3. The number of hydrogen-bond acceptors (Lipinski definition) is 3. The lowest BCUT2D eigenvalue weighted by molar-refractivity contribution is -0.204. The number of aliphatic hydroxyl groups is 1. The highest BCUT2D eigenvalue weighted by atomic mass is 16.6. The van der Waals surface area contributed by atoms with Crippen LogP contribution >= 0.6 is 0 Å². The van der Waals surface area contributed by atoms with Gasteiger partial charge in [0.15, 0.2) is 6.29 Å². The zero-order chi connectivity index (χ0) is 11.4. The van der Waals surface area contributed by atoms with Crippen LogP contribution in [0.2, 0.25) is 0 Å². The zero-order valence-electron chi connectivity index (χ0n) is 8.72. The molecule has 1 aliphatic rings. The summed E-state index contributed by atoms with van der Waals surface area (Å²) in [6, 6.07) is 9.03. The number of aliphatic hydroxyl groups excluding tert-OH is 1. The molecule has 5 nitrogen and oxygen atoms in total. The highest BCUT2D eigenvalue weighted by molar-refractivity contribution is 5.74. The van der Waals surface area contributed by atoms with Crippen LogP contribution in [0.5, 0.6) is 0 Å². The van der Waals surface area contributed by atoms with Gasteiger partial charge >= 0.3 is 6.03 Å². The van der Waals surface area contributed by atoms with Gasteiger partial charge in [-0.3, -0.25) is 0 Å². The average Bonchev–Trinajstić information content (AvgIpc) is 2.33. The Bertz CT molecular complexity index is 356. The minimum absolute atomic E-state index is 0.295. The molecule has 0 radical (unpaired) electrons. The summed E-state index contributed by atoms with van der Waals surface area (Å²) >= 11 is 0. The van der Waals surface area contributed by atoms with E-state index in [2.05, 4.69) is 10.6 Å². The van der Waals surface area contributed by atoms with Crippen molar-refractivity contribution in [3.05, 3.63) is 35.9 Å². The Morgan fingerprint density at radius 3 is 2.75 bits per heavy atom. The molecule has 1 aromatic carbocycles. The number of carbonyl (C=O) groups is 1. The number of urea groups is 1. The average molecular weight is 222 g/mol. The van der Waals surface area contributed by atoms with Gasteiger partial charge in [0.2, 0.25) is 0 Å². The van der Waals surface area contributed by atoms with Gasteiger partial charge in [0.25, 0.3) is 0 Å². The summed E-state index contributed by atoms with van der Waals surface area (Å²) in [6.45, 7) is 0.830. The standard InChI is InChI=1S/C11H14N2O3/c14-10-9(7-16-10)13-11(15)12-6-8-4-2-1-3-5-8/h1-5,9-10,14H,6-7H2,(H2,12,13,15)/t9-,10?/m0/s1. The van der Waals surface area contributed by atoms with Gasteiger partial charge in [-0.15, -0.1) is 0 Å². The zero-order valence-corrected chi connectivity index (χ0v) is 8.72. The third-order valence-electron chi connectivity index (χ3n) is 2.40. The second kappa shape index (κ2) is 4.96. The fourth-order valence-electron chi connectivity index (χ4n) is 1.39. The van der Waals surface area contributed by atoms with Crippen LogP contribution in [0.1, 0.15) is 5.56 Å². The van der Waals surface area contributed by atoms with E-state index < -0.39 is 6.29 Å². The molecule has 0 aromatic heterocycles. The van der Waals surface area contributed by atoms with Gasteiger partial charge in [-0.05, 0) is 5.56 Å². The van der Waals surface area contributed by atoms with Gasteiger partial charge in [0.05, 0.1) is 6.61 Å². The van der Waals surface area contributed by atoms with Crippen molar-refractivity contribution in [2.24, 2.45) is 0 Å². The molecular weight excluding hydrogens is 208 g/mol. The maximum atomic E-state index is 11.4. The fourth-order valence-corrected chi connectivity index (χ4v) is 1.39. The largest absolute Gasteiger partial charge is 0.366 e. The van der Waals surface area contributed by atoms with E-state index in [1.807, 2.05) is 30.3 Å². The normalized spacial score (nSPS) is 23.3. The Morgan fingerprint density at radius 2 is 2.19 bits per heavy atom. The first-order valence-corrected chi connectivity index (χ1v) is 5.13. The first kappa shape index (κ1) is 10.9. The Morgan fingerprint density at radius 1 is 1.44 bits per heavy atom. The molecule has 1 unspecified atom stereocenters. The van der Waals surface area contributed by atoms with Crippen molar-refractivity contribution < 1.29 is 14.6 Å². The molecule has 2 amide bonds. The lowest BCUT2D eigenvalue weighted by Gasteiger charge is -2.32. The van der Waals surface area contributed by atoms with Crippen LogP contribution in [0.4, 0.5) is 4.79 Å². The van der Waals surface area contributed by atoms with E-state index in [1.165, 1.54) is 0 Å². The van der Waals surface area contributed by atoms with E-state index in [0.717, 1.165) is 5.56 Å². The molecule has 1 aliphatic heterocycles. The molecule has 0 aliphatic carbocycles. The summed E-state index contributed by atoms with van der Waals surface area (Å²) in [5, 5.41) is 14.4. The summed E-state index contributed by atoms with van der Waals surface area (Å²) in [5.74, 6) is 0. The van der Waals surface area contributed by atoms with Gasteiger partial charge < -0.3 is 20.5 Å². The molecule has 5 heteroatoms.